The van der Waals surface area contributed by atoms with Gasteiger partial charge in [-0.25, -0.2) is 0 Å². The van der Waals surface area contributed by atoms with Crippen molar-refractivity contribution in [3.05, 3.63) is 34.3 Å². The van der Waals surface area contributed by atoms with E-state index in [1.165, 1.54) is 7.11 Å². The molecule has 1 aromatic carbocycles. The quantitative estimate of drug-likeness (QED) is 0.788. The Balaban J connectivity index is 2.46. The number of benzene rings is 1. The van der Waals surface area contributed by atoms with Gasteiger partial charge in [-0.15, -0.1) is 0 Å². The number of halogens is 1. The van der Waals surface area contributed by atoms with Crippen molar-refractivity contribution in [3.8, 4) is 0 Å². The summed E-state index contributed by atoms with van der Waals surface area (Å²) in [7, 11) is 1.44. The van der Waals surface area contributed by atoms with Crippen LogP contribution in [0.2, 0.25) is 0 Å². The van der Waals surface area contributed by atoms with E-state index in [4.69, 9.17) is 9.47 Å². The van der Waals surface area contributed by atoms with Crippen LogP contribution in [0.4, 0.5) is 0 Å². The minimum Gasteiger partial charge on any atom is -0.468 e. The summed E-state index contributed by atoms with van der Waals surface area (Å²) < 4.78 is 11.3. The van der Waals surface area contributed by atoms with E-state index in [2.05, 4.69) is 15.9 Å². The summed E-state index contributed by atoms with van der Waals surface area (Å²) in [6.07, 6.45) is 1.34. The number of carbonyl (C=O) groups excluding carboxylic acids is 1. The van der Waals surface area contributed by atoms with Crippen molar-refractivity contribution in [2.24, 2.45) is 0 Å². The lowest BCUT2D eigenvalue weighted by molar-refractivity contribution is -0.151. The molecule has 92 valence electrons. The lowest BCUT2D eigenvalue weighted by Gasteiger charge is -2.35. The number of hydrogen-bond acceptors (Lipinski definition) is 3. The molecule has 0 unspecified atom stereocenters. The number of carbonyl (C=O) groups is 1. The molecule has 1 heterocycles. The molecule has 0 atom stereocenters. The van der Waals surface area contributed by atoms with Crippen LogP contribution in [0.25, 0.3) is 0 Å². The molecule has 4 heteroatoms. The summed E-state index contributed by atoms with van der Waals surface area (Å²) in [6.45, 7) is 1.19. The predicted molar refractivity (Wildman–Crippen MR) is 67.9 cm³/mol. The molecule has 17 heavy (non-hydrogen) atoms. The van der Waals surface area contributed by atoms with Gasteiger partial charge in [0.25, 0.3) is 0 Å². The van der Waals surface area contributed by atoms with Crippen molar-refractivity contribution in [3.63, 3.8) is 0 Å². The van der Waals surface area contributed by atoms with Crippen molar-refractivity contribution in [1.29, 1.82) is 0 Å². The number of rotatable bonds is 2. The van der Waals surface area contributed by atoms with Gasteiger partial charge in [0.1, 0.15) is 0 Å². The fraction of sp³-hybridized carbons (Fsp3) is 0.462. The average Bonchev–Trinajstić information content (AvgIpc) is 2.39. The molecule has 1 aliphatic heterocycles. The molecule has 0 aromatic heterocycles. The Kier molecular flexibility index (Phi) is 3.84. The van der Waals surface area contributed by atoms with Crippen LogP contribution in [-0.4, -0.2) is 26.3 Å². The number of methoxy groups -OCH3 is 1. The number of esters is 1. The molecule has 1 aromatic rings. The number of hydrogen-bond donors (Lipinski definition) is 0. The molecule has 0 radical (unpaired) electrons. The SMILES string of the molecule is COC(=O)C1(c2ccccc2Br)CCOCC1. The molecule has 3 nitrogen and oxygen atoms in total. The highest BCUT2D eigenvalue weighted by Gasteiger charge is 2.43. The maximum atomic E-state index is 12.1. The predicted octanol–water partition coefficient (Wildman–Crippen LogP) is 2.67. The van der Waals surface area contributed by atoms with Crippen LogP contribution in [0.1, 0.15) is 18.4 Å². The van der Waals surface area contributed by atoms with Gasteiger partial charge in [-0.1, -0.05) is 34.1 Å². The van der Waals surface area contributed by atoms with E-state index in [9.17, 15) is 4.79 Å². The largest absolute Gasteiger partial charge is 0.468 e. The molecular formula is C13H15BrO3. The molecule has 0 aliphatic carbocycles. The third-order valence-corrected chi connectivity index (χ3v) is 4.00. The van der Waals surface area contributed by atoms with E-state index in [-0.39, 0.29) is 5.97 Å². The monoisotopic (exact) mass is 298 g/mol. The molecule has 0 spiro atoms. The Bertz CT molecular complexity index is 411. The summed E-state index contributed by atoms with van der Waals surface area (Å²) in [4.78, 5) is 12.1. The zero-order chi connectivity index (χ0) is 12.3. The highest BCUT2D eigenvalue weighted by Crippen LogP contribution is 2.39. The topological polar surface area (TPSA) is 35.5 Å². The van der Waals surface area contributed by atoms with Gasteiger partial charge < -0.3 is 9.47 Å². The van der Waals surface area contributed by atoms with Crippen LogP contribution in [0.15, 0.2) is 28.7 Å². The van der Waals surface area contributed by atoms with Gasteiger partial charge in [0.15, 0.2) is 0 Å². The lowest BCUT2D eigenvalue weighted by atomic mass is 9.74. The van der Waals surface area contributed by atoms with Gasteiger partial charge in [-0.05, 0) is 24.5 Å². The highest BCUT2D eigenvalue weighted by atomic mass is 79.9. The van der Waals surface area contributed by atoms with Crippen LogP contribution in [0.3, 0.4) is 0 Å². The Morgan fingerprint density at radius 1 is 1.35 bits per heavy atom. The first kappa shape index (κ1) is 12.6. The van der Waals surface area contributed by atoms with Gasteiger partial charge in [0, 0.05) is 17.7 Å². The van der Waals surface area contributed by atoms with Gasteiger partial charge >= 0.3 is 5.97 Å². The van der Waals surface area contributed by atoms with Crippen molar-refractivity contribution >= 4 is 21.9 Å². The third-order valence-electron chi connectivity index (χ3n) is 3.31. The van der Waals surface area contributed by atoms with E-state index >= 15 is 0 Å². The zero-order valence-corrected chi connectivity index (χ0v) is 11.3. The standard InChI is InChI=1S/C13H15BrO3/c1-16-12(15)13(6-8-17-9-7-13)10-4-2-3-5-11(10)14/h2-5H,6-9H2,1H3. The fourth-order valence-electron chi connectivity index (χ4n) is 2.35. The van der Waals surface area contributed by atoms with Crippen LogP contribution in [-0.2, 0) is 19.7 Å². The number of ether oxygens (including phenoxy) is 2. The van der Waals surface area contributed by atoms with E-state index in [1.54, 1.807) is 0 Å². The summed E-state index contributed by atoms with van der Waals surface area (Å²) in [5.41, 5.74) is 0.433. The van der Waals surface area contributed by atoms with E-state index in [1.807, 2.05) is 24.3 Å². The maximum Gasteiger partial charge on any atom is 0.316 e. The fourth-order valence-corrected chi connectivity index (χ4v) is 3.01. The van der Waals surface area contributed by atoms with Crippen molar-refractivity contribution in [2.75, 3.05) is 20.3 Å². The Hall–Kier alpha value is -0.870. The average molecular weight is 299 g/mol. The summed E-state index contributed by atoms with van der Waals surface area (Å²) in [6, 6.07) is 7.82. The second kappa shape index (κ2) is 5.19. The summed E-state index contributed by atoms with van der Waals surface area (Å²) >= 11 is 3.52. The first-order chi connectivity index (χ1) is 8.20. The zero-order valence-electron chi connectivity index (χ0n) is 9.74. The molecule has 1 aliphatic rings. The molecule has 0 N–H and O–H groups in total. The Morgan fingerprint density at radius 3 is 2.59 bits per heavy atom. The minimum atomic E-state index is -0.562. The maximum absolute atomic E-state index is 12.1. The molecule has 1 saturated heterocycles. The molecule has 0 amide bonds. The lowest BCUT2D eigenvalue weighted by Crippen LogP contribution is -2.42. The molecule has 0 bridgehead atoms. The minimum absolute atomic E-state index is 0.173. The second-order valence-corrected chi connectivity index (χ2v) is 5.02. The Labute approximate surface area is 109 Å². The van der Waals surface area contributed by atoms with Crippen molar-refractivity contribution in [2.45, 2.75) is 18.3 Å². The van der Waals surface area contributed by atoms with Gasteiger partial charge in [0.05, 0.1) is 12.5 Å². The summed E-state index contributed by atoms with van der Waals surface area (Å²) in [5, 5.41) is 0. The third kappa shape index (κ3) is 2.24. The molecule has 0 saturated carbocycles. The molecule has 2 rings (SSSR count). The van der Waals surface area contributed by atoms with Crippen LogP contribution in [0.5, 0.6) is 0 Å². The van der Waals surface area contributed by atoms with Gasteiger partial charge in [0.2, 0.25) is 0 Å². The van der Waals surface area contributed by atoms with Crippen molar-refractivity contribution < 1.29 is 14.3 Å². The van der Waals surface area contributed by atoms with E-state index < -0.39 is 5.41 Å². The van der Waals surface area contributed by atoms with E-state index in [0.29, 0.717) is 26.1 Å². The van der Waals surface area contributed by atoms with Crippen LogP contribution >= 0.6 is 15.9 Å². The molecular weight excluding hydrogens is 284 g/mol. The van der Waals surface area contributed by atoms with Crippen LogP contribution in [0, 0.1) is 0 Å². The van der Waals surface area contributed by atoms with Gasteiger partial charge in [-0.3, -0.25) is 4.79 Å². The highest BCUT2D eigenvalue weighted by molar-refractivity contribution is 9.10. The Morgan fingerprint density at radius 2 is 2.00 bits per heavy atom. The smallest absolute Gasteiger partial charge is 0.316 e. The molecule has 1 fully saturated rings. The first-order valence-corrected chi connectivity index (χ1v) is 6.41. The summed E-state index contributed by atoms with van der Waals surface area (Å²) in [5.74, 6) is -0.173. The second-order valence-electron chi connectivity index (χ2n) is 4.17. The van der Waals surface area contributed by atoms with Gasteiger partial charge in [-0.2, -0.15) is 0 Å². The van der Waals surface area contributed by atoms with E-state index in [0.717, 1.165) is 10.0 Å². The van der Waals surface area contributed by atoms with Crippen molar-refractivity contribution in [1.82, 2.24) is 0 Å². The normalized spacial score (nSPS) is 18.7. The first-order valence-electron chi connectivity index (χ1n) is 5.62. The van der Waals surface area contributed by atoms with Crippen LogP contribution < -0.4 is 0 Å².